The van der Waals surface area contributed by atoms with E-state index in [2.05, 4.69) is 50.1 Å². The van der Waals surface area contributed by atoms with Crippen LogP contribution in [0.1, 0.15) is 116 Å². The smallest absolute Gasteiger partial charge is 0.134 e. The van der Waals surface area contributed by atoms with Crippen LogP contribution >= 0.6 is 0 Å². The Hall–Kier alpha value is -1.84. The Morgan fingerprint density at radius 2 is 1.37 bits per heavy atom. The Kier molecular flexibility index (Phi) is 13.1. The van der Waals surface area contributed by atoms with Crippen LogP contribution in [0.5, 0.6) is 0 Å². The predicted octanol–water partition coefficient (Wildman–Crippen LogP) is 7.98. The van der Waals surface area contributed by atoms with Crippen LogP contribution in [0.25, 0.3) is 0 Å². The van der Waals surface area contributed by atoms with E-state index in [9.17, 15) is 10.4 Å². The number of aryl methyl sites for hydroxylation is 1. The fraction of sp³-hybridized carbons (Fsp3) is 0.692. The number of benzene rings is 1. The lowest BCUT2D eigenvalue weighted by Gasteiger charge is -2.24. The first-order valence-electron chi connectivity index (χ1n) is 12.0. The van der Waals surface area contributed by atoms with Gasteiger partial charge in [-0.1, -0.05) is 114 Å². The lowest BCUT2D eigenvalue weighted by atomic mass is 9.81. The van der Waals surface area contributed by atoms with Gasteiger partial charge in [0.1, 0.15) is 11.4 Å². The van der Waals surface area contributed by atoms with E-state index in [1.54, 1.807) is 0 Å². The average Bonchev–Trinajstić information content (AvgIpc) is 2.75. The molecule has 0 fully saturated rings. The van der Waals surface area contributed by atoms with Gasteiger partial charge < -0.3 is 10.4 Å². The van der Waals surface area contributed by atoms with Gasteiger partial charge >= 0.3 is 0 Å². The summed E-state index contributed by atoms with van der Waals surface area (Å²) in [4.78, 5) is 0. The van der Waals surface area contributed by atoms with Crippen LogP contribution in [0.4, 0.5) is 0 Å². The van der Waals surface area contributed by atoms with Crippen molar-refractivity contribution in [2.45, 2.75) is 111 Å². The average molecular weight is 417 g/mol. The lowest BCUT2D eigenvalue weighted by molar-refractivity contribution is 0.294. The number of hydrogen-bond donors (Lipinski definition) is 2. The van der Waals surface area contributed by atoms with E-state index in [4.69, 9.17) is 0 Å². The molecule has 0 aliphatic carbocycles. The molecule has 0 unspecified atom stereocenters. The van der Waals surface area contributed by atoms with Crippen molar-refractivity contribution in [1.29, 1.82) is 0 Å². The third-order valence-corrected chi connectivity index (χ3v) is 6.04. The summed E-state index contributed by atoms with van der Waals surface area (Å²) in [5, 5.41) is 25.7. The fourth-order valence-corrected chi connectivity index (χ4v) is 3.86. The maximum atomic E-state index is 9.50. The van der Waals surface area contributed by atoms with Crippen LogP contribution in [0.3, 0.4) is 0 Å². The molecule has 4 nitrogen and oxygen atoms in total. The molecule has 170 valence electrons. The van der Waals surface area contributed by atoms with Crippen LogP contribution in [-0.2, 0) is 6.42 Å². The zero-order valence-corrected chi connectivity index (χ0v) is 19.8. The van der Waals surface area contributed by atoms with Gasteiger partial charge in [-0.3, -0.25) is 0 Å². The molecular weight excluding hydrogens is 372 g/mol. The molecule has 0 aromatic heterocycles. The quantitative estimate of drug-likeness (QED) is 0.124. The molecule has 1 aromatic rings. The highest BCUT2D eigenvalue weighted by molar-refractivity contribution is 6.48. The summed E-state index contributed by atoms with van der Waals surface area (Å²) in [6.45, 7) is 9.17. The predicted molar refractivity (Wildman–Crippen MR) is 128 cm³/mol. The van der Waals surface area contributed by atoms with E-state index in [0.717, 1.165) is 37.7 Å². The van der Waals surface area contributed by atoms with Crippen molar-refractivity contribution >= 4 is 11.4 Å². The molecule has 30 heavy (non-hydrogen) atoms. The second-order valence-electron chi connectivity index (χ2n) is 9.33. The fourth-order valence-electron chi connectivity index (χ4n) is 3.86. The maximum absolute atomic E-state index is 9.50. The van der Waals surface area contributed by atoms with Gasteiger partial charge in [-0.15, -0.1) is 0 Å². The molecule has 0 saturated carbocycles. The SMILES string of the molecule is CCCCCCCC(C)(C)CCc1ccc(C(=N\O)/C(CCCCCC)=N/O)cc1. The Morgan fingerprint density at radius 1 is 0.767 bits per heavy atom. The summed E-state index contributed by atoms with van der Waals surface area (Å²) in [5.74, 6) is 0. The van der Waals surface area contributed by atoms with Crippen molar-refractivity contribution in [3.05, 3.63) is 35.4 Å². The normalized spacial score (nSPS) is 13.1. The molecule has 1 rings (SSSR count). The third-order valence-electron chi connectivity index (χ3n) is 6.04. The molecule has 0 amide bonds. The number of rotatable bonds is 16. The molecule has 4 heteroatoms. The van der Waals surface area contributed by atoms with Crippen molar-refractivity contribution in [2.75, 3.05) is 0 Å². The van der Waals surface area contributed by atoms with Gasteiger partial charge in [0.15, 0.2) is 0 Å². The van der Waals surface area contributed by atoms with Gasteiger partial charge in [-0.05, 0) is 43.1 Å². The summed E-state index contributed by atoms with van der Waals surface area (Å²) in [6, 6.07) is 8.15. The van der Waals surface area contributed by atoms with Crippen molar-refractivity contribution in [3.8, 4) is 0 Å². The van der Waals surface area contributed by atoms with E-state index < -0.39 is 0 Å². The van der Waals surface area contributed by atoms with Crippen molar-refractivity contribution in [3.63, 3.8) is 0 Å². The second-order valence-corrected chi connectivity index (χ2v) is 9.33. The minimum absolute atomic E-state index is 0.359. The van der Waals surface area contributed by atoms with Gasteiger partial charge in [0.2, 0.25) is 0 Å². The molecule has 0 aliphatic rings. The largest absolute Gasteiger partial charge is 0.411 e. The van der Waals surface area contributed by atoms with Gasteiger partial charge in [0.05, 0.1) is 0 Å². The van der Waals surface area contributed by atoms with Crippen LogP contribution in [0.15, 0.2) is 34.6 Å². The van der Waals surface area contributed by atoms with E-state index >= 15 is 0 Å². The topological polar surface area (TPSA) is 65.2 Å². The Morgan fingerprint density at radius 3 is 1.93 bits per heavy atom. The first kappa shape index (κ1) is 26.2. The second kappa shape index (κ2) is 15.0. The molecular formula is C26H44N2O2. The van der Waals surface area contributed by atoms with Gasteiger partial charge in [-0.25, -0.2) is 0 Å². The highest BCUT2D eigenvalue weighted by Gasteiger charge is 2.18. The zero-order chi connectivity index (χ0) is 22.2. The van der Waals surface area contributed by atoms with E-state index in [0.29, 0.717) is 23.3 Å². The molecule has 0 saturated heterocycles. The first-order chi connectivity index (χ1) is 14.5. The van der Waals surface area contributed by atoms with Gasteiger partial charge in [0, 0.05) is 5.56 Å². The van der Waals surface area contributed by atoms with Crippen LogP contribution < -0.4 is 0 Å². The summed E-state index contributed by atoms with van der Waals surface area (Å²) < 4.78 is 0. The lowest BCUT2D eigenvalue weighted by Crippen LogP contribution is -2.16. The number of hydrogen-bond acceptors (Lipinski definition) is 4. The molecule has 0 bridgehead atoms. The molecule has 2 N–H and O–H groups in total. The maximum Gasteiger partial charge on any atom is 0.134 e. The molecule has 0 atom stereocenters. The highest BCUT2D eigenvalue weighted by Crippen LogP contribution is 2.29. The van der Waals surface area contributed by atoms with E-state index in [1.165, 1.54) is 50.5 Å². The monoisotopic (exact) mass is 416 g/mol. The first-order valence-corrected chi connectivity index (χ1v) is 12.0. The van der Waals surface area contributed by atoms with Gasteiger partial charge in [0.25, 0.3) is 0 Å². The Bertz CT molecular complexity index is 633. The molecule has 0 radical (unpaired) electrons. The number of unbranched alkanes of at least 4 members (excludes halogenated alkanes) is 7. The molecule has 0 heterocycles. The van der Waals surface area contributed by atoms with E-state index in [1.807, 2.05) is 12.1 Å². The number of nitrogens with zero attached hydrogens (tertiary/aromatic N) is 2. The van der Waals surface area contributed by atoms with Crippen LogP contribution in [-0.4, -0.2) is 21.8 Å². The molecule has 1 aromatic carbocycles. The summed E-state index contributed by atoms with van der Waals surface area (Å²) in [7, 11) is 0. The van der Waals surface area contributed by atoms with Crippen LogP contribution in [0.2, 0.25) is 0 Å². The standard InChI is InChI=1S/C26H44N2O2/c1-5-7-9-11-13-20-26(3,4)21-19-22-15-17-23(18-16-22)25(28-30)24(27-29)14-12-10-8-6-2/h15-18,29-30H,5-14,19-21H2,1-4H3/b27-24+,28-25+. The zero-order valence-electron chi connectivity index (χ0n) is 19.8. The Labute approximate surface area is 184 Å². The highest BCUT2D eigenvalue weighted by atomic mass is 16.4. The van der Waals surface area contributed by atoms with Crippen molar-refractivity contribution in [2.24, 2.45) is 15.7 Å². The summed E-state index contributed by atoms with van der Waals surface area (Å²) in [6.07, 6.45) is 15.1. The molecule has 0 spiro atoms. The van der Waals surface area contributed by atoms with Crippen molar-refractivity contribution < 1.29 is 10.4 Å². The minimum Gasteiger partial charge on any atom is -0.411 e. The summed E-state index contributed by atoms with van der Waals surface area (Å²) >= 11 is 0. The molecule has 0 aliphatic heterocycles. The van der Waals surface area contributed by atoms with Crippen molar-refractivity contribution in [1.82, 2.24) is 0 Å². The van der Waals surface area contributed by atoms with Crippen LogP contribution in [0, 0.1) is 5.41 Å². The minimum atomic E-state index is 0.359. The summed E-state index contributed by atoms with van der Waals surface area (Å²) in [5.41, 5.74) is 3.26. The number of oxime groups is 2. The van der Waals surface area contributed by atoms with Gasteiger partial charge in [-0.2, -0.15) is 0 Å². The van der Waals surface area contributed by atoms with E-state index in [-0.39, 0.29) is 0 Å². The third kappa shape index (κ3) is 10.3. The Balaban J connectivity index is 2.58.